The van der Waals surface area contributed by atoms with Gasteiger partial charge in [-0.05, 0) is 67.0 Å². The smallest absolute Gasteiger partial charge is 0.223 e. The van der Waals surface area contributed by atoms with E-state index < -0.39 is 11.6 Å². The number of hydrogen-bond donors (Lipinski definition) is 0. The van der Waals surface area contributed by atoms with Crippen LogP contribution in [0.2, 0.25) is 0 Å². The predicted octanol–water partition coefficient (Wildman–Crippen LogP) is 4.94. The molecule has 2 unspecified atom stereocenters. The number of aryl methyl sites for hydroxylation is 1. The van der Waals surface area contributed by atoms with Crippen molar-refractivity contribution < 1.29 is 13.6 Å². The summed E-state index contributed by atoms with van der Waals surface area (Å²) < 4.78 is 28.5. The van der Waals surface area contributed by atoms with Gasteiger partial charge >= 0.3 is 0 Å². The minimum atomic E-state index is -0.503. The van der Waals surface area contributed by atoms with Crippen molar-refractivity contribution in [1.82, 2.24) is 14.8 Å². The monoisotopic (exact) mass is 492 g/mol. The summed E-state index contributed by atoms with van der Waals surface area (Å²) in [4.78, 5) is 26.6. The van der Waals surface area contributed by atoms with Gasteiger partial charge in [-0.3, -0.25) is 19.7 Å². The number of piperidine rings is 1. The molecule has 1 fully saturated rings. The molecule has 0 radical (unpaired) electrons. The molecule has 1 amide bonds. The van der Waals surface area contributed by atoms with Crippen LogP contribution in [0.15, 0.2) is 52.7 Å². The zero-order valence-corrected chi connectivity index (χ0v) is 21.1. The van der Waals surface area contributed by atoms with Crippen LogP contribution in [-0.2, 0) is 11.3 Å². The summed E-state index contributed by atoms with van der Waals surface area (Å²) in [5.41, 5.74) is 5.66. The minimum Gasteiger partial charge on any atom is -0.338 e. The molecule has 0 bridgehead atoms. The SMILES string of the molecule is CCC1CC(CC(=O)N2CCC3=C(C2)C(c2ccnc(C)c2)=NC3)CN(Cc2c(F)cccc2F)C1. The first-order chi connectivity index (χ1) is 17.4. The van der Waals surface area contributed by atoms with Gasteiger partial charge in [0.2, 0.25) is 5.91 Å². The number of hydrogen-bond acceptors (Lipinski definition) is 4. The van der Waals surface area contributed by atoms with Gasteiger partial charge in [0.25, 0.3) is 0 Å². The summed E-state index contributed by atoms with van der Waals surface area (Å²) in [5, 5.41) is 0. The van der Waals surface area contributed by atoms with E-state index >= 15 is 0 Å². The highest BCUT2D eigenvalue weighted by atomic mass is 19.1. The normalized spacial score (nSPS) is 22.6. The molecule has 1 saturated heterocycles. The largest absolute Gasteiger partial charge is 0.338 e. The first-order valence-corrected chi connectivity index (χ1v) is 13.0. The van der Waals surface area contributed by atoms with E-state index in [9.17, 15) is 13.6 Å². The zero-order valence-electron chi connectivity index (χ0n) is 21.1. The molecule has 1 aromatic carbocycles. The van der Waals surface area contributed by atoms with Gasteiger partial charge in [-0.15, -0.1) is 0 Å². The van der Waals surface area contributed by atoms with E-state index in [-0.39, 0.29) is 23.9 Å². The van der Waals surface area contributed by atoms with E-state index in [1.807, 2.05) is 24.1 Å². The predicted molar refractivity (Wildman–Crippen MR) is 137 cm³/mol. The Labute approximate surface area is 211 Å². The van der Waals surface area contributed by atoms with Gasteiger partial charge in [-0.2, -0.15) is 0 Å². The highest BCUT2D eigenvalue weighted by molar-refractivity contribution is 6.15. The quantitative estimate of drug-likeness (QED) is 0.574. The molecule has 36 heavy (non-hydrogen) atoms. The second kappa shape index (κ2) is 10.6. The molecule has 7 heteroatoms. The van der Waals surface area contributed by atoms with E-state index in [1.165, 1.54) is 29.3 Å². The lowest BCUT2D eigenvalue weighted by atomic mass is 9.85. The number of amides is 1. The fraction of sp³-hybridized carbons (Fsp3) is 0.483. The topological polar surface area (TPSA) is 48.8 Å². The number of halogens is 2. The van der Waals surface area contributed by atoms with Crippen LogP contribution < -0.4 is 0 Å². The summed E-state index contributed by atoms with van der Waals surface area (Å²) in [5.74, 6) is -0.238. The lowest BCUT2D eigenvalue weighted by Gasteiger charge is -2.38. The van der Waals surface area contributed by atoms with E-state index in [4.69, 9.17) is 4.99 Å². The standard InChI is InChI=1S/C29H34F2N4O/c1-3-20-12-21(16-34(15-20)17-25-26(30)5-4-6-27(25)31)13-28(36)35-10-8-23-14-33-29(24(23)18-35)22-7-9-32-19(2)11-22/h4-7,9,11,20-21H,3,8,10,12-18H2,1-2H3. The van der Waals surface area contributed by atoms with Gasteiger partial charge in [0.05, 0.1) is 12.3 Å². The molecule has 190 valence electrons. The van der Waals surface area contributed by atoms with Crippen molar-refractivity contribution in [2.24, 2.45) is 16.8 Å². The van der Waals surface area contributed by atoms with Crippen LogP contribution in [0.1, 0.15) is 49.4 Å². The number of likely N-dealkylation sites (tertiary alicyclic amines) is 1. The molecule has 5 nitrogen and oxygen atoms in total. The van der Waals surface area contributed by atoms with Crippen molar-refractivity contribution in [3.8, 4) is 0 Å². The summed E-state index contributed by atoms with van der Waals surface area (Å²) in [6, 6.07) is 8.07. The van der Waals surface area contributed by atoms with Crippen LogP contribution in [0.3, 0.4) is 0 Å². The number of carbonyl (C=O) groups is 1. The Bertz CT molecular complexity index is 1190. The maximum absolute atomic E-state index is 14.3. The molecule has 3 aliphatic rings. The Kier molecular flexibility index (Phi) is 7.28. The van der Waals surface area contributed by atoms with E-state index in [2.05, 4.69) is 22.9 Å². The maximum atomic E-state index is 14.3. The Hall–Kier alpha value is -2.93. The van der Waals surface area contributed by atoms with Crippen LogP contribution in [-0.4, -0.2) is 59.1 Å². The van der Waals surface area contributed by atoms with E-state index in [0.29, 0.717) is 25.4 Å². The van der Waals surface area contributed by atoms with Crippen molar-refractivity contribution in [1.29, 1.82) is 0 Å². The molecule has 0 N–H and O–H groups in total. The Morgan fingerprint density at radius 2 is 1.92 bits per heavy atom. The minimum absolute atomic E-state index is 0.120. The molecular weight excluding hydrogens is 458 g/mol. The molecule has 0 saturated carbocycles. The fourth-order valence-electron chi connectivity index (χ4n) is 5.94. The van der Waals surface area contributed by atoms with Gasteiger partial charge in [-0.1, -0.05) is 19.4 Å². The summed E-state index contributed by atoms with van der Waals surface area (Å²) in [7, 11) is 0. The first kappa shape index (κ1) is 24.8. The third-order valence-electron chi connectivity index (χ3n) is 7.88. The third-order valence-corrected chi connectivity index (χ3v) is 7.88. The average molecular weight is 493 g/mol. The third kappa shape index (κ3) is 5.26. The van der Waals surface area contributed by atoms with E-state index in [1.54, 1.807) is 0 Å². The molecule has 4 heterocycles. The maximum Gasteiger partial charge on any atom is 0.223 e. The Morgan fingerprint density at radius 3 is 2.67 bits per heavy atom. The van der Waals surface area contributed by atoms with Crippen LogP contribution in [0.5, 0.6) is 0 Å². The van der Waals surface area contributed by atoms with Crippen LogP contribution in [0.4, 0.5) is 8.78 Å². The van der Waals surface area contributed by atoms with E-state index in [0.717, 1.165) is 55.9 Å². The Balaban J connectivity index is 1.24. The fourth-order valence-corrected chi connectivity index (χ4v) is 5.94. The van der Waals surface area contributed by atoms with Gasteiger partial charge in [-0.25, -0.2) is 8.78 Å². The van der Waals surface area contributed by atoms with Crippen molar-refractivity contribution in [2.45, 2.75) is 46.1 Å². The molecule has 0 spiro atoms. The molecule has 5 rings (SSSR count). The lowest BCUT2D eigenvalue weighted by molar-refractivity contribution is -0.132. The van der Waals surface area contributed by atoms with Crippen molar-refractivity contribution in [3.63, 3.8) is 0 Å². The summed E-state index contributed by atoms with van der Waals surface area (Å²) >= 11 is 0. The van der Waals surface area contributed by atoms with Gasteiger partial charge < -0.3 is 4.90 Å². The molecular formula is C29H34F2N4O. The summed E-state index contributed by atoms with van der Waals surface area (Å²) in [6.45, 7) is 7.90. The van der Waals surface area contributed by atoms with Gasteiger partial charge in [0, 0.05) is 62.2 Å². The highest BCUT2D eigenvalue weighted by Gasteiger charge is 2.33. The van der Waals surface area contributed by atoms with Crippen molar-refractivity contribution >= 4 is 11.6 Å². The number of rotatable bonds is 6. The molecule has 3 aliphatic heterocycles. The molecule has 1 aromatic heterocycles. The highest BCUT2D eigenvalue weighted by Crippen LogP contribution is 2.31. The number of benzene rings is 1. The number of carbonyl (C=O) groups excluding carboxylic acids is 1. The number of aliphatic imine (C=N–C) groups is 1. The summed E-state index contributed by atoms with van der Waals surface area (Å²) in [6.07, 6.45) is 5.11. The van der Waals surface area contributed by atoms with Gasteiger partial charge in [0.15, 0.2) is 0 Å². The second-order valence-electron chi connectivity index (χ2n) is 10.5. The zero-order chi connectivity index (χ0) is 25.2. The van der Waals surface area contributed by atoms with Crippen molar-refractivity contribution in [2.75, 3.05) is 32.7 Å². The number of aromatic nitrogens is 1. The lowest BCUT2D eigenvalue weighted by Crippen LogP contribution is -2.44. The van der Waals surface area contributed by atoms with Crippen LogP contribution in [0.25, 0.3) is 0 Å². The average Bonchev–Trinajstić information content (AvgIpc) is 3.29. The number of nitrogens with zero attached hydrogens (tertiary/aromatic N) is 4. The van der Waals surface area contributed by atoms with Gasteiger partial charge in [0.1, 0.15) is 11.6 Å². The van der Waals surface area contributed by atoms with Crippen LogP contribution in [0, 0.1) is 30.4 Å². The van der Waals surface area contributed by atoms with Crippen molar-refractivity contribution in [3.05, 3.63) is 76.1 Å². The molecule has 2 aromatic rings. The molecule has 0 aliphatic carbocycles. The van der Waals surface area contributed by atoms with Crippen LogP contribution >= 0.6 is 0 Å². The second-order valence-corrected chi connectivity index (χ2v) is 10.5. The Morgan fingerprint density at radius 1 is 1.14 bits per heavy atom. The number of pyridine rings is 1. The first-order valence-electron chi connectivity index (χ1n) is 13.0. The molecule has 2 atom stereocenters.